The van der Waals surface area contributed by atoms with Crippen LogP contribution in [0.4, 0.5) is 4.39 Å². The van der Waals surface area contributed by atoms with Crippen LogP contribution in [0.1, 0.15) is 26.3 Å². The van der Waals surface area contributed by atoms with Gasteiger partial charge in [-0.15, -0.1) is 0 Å². The molecule has 0 saturated heterocycles. The number of ether oxygens (including phenoxy) is 1. The summed E-state index contributed by atoms with van der Waals surface area (Å²) < 4.78 is 17.2. The van der Waals surface area contributed by atoms with Gasteiger partial charge >= 0.3 is 0 Å². The van der Waals surface area contributed by atoms with Crippen molar-refractivity contribution in [1.29, 1.82) is 0 Å². The van der Waals surface area contributed by atoms with Crippen molar-refractivity contribution in [2.45, 2.75) is 26.2 Å². The predicted octanol–water partition coefficient (Wildman–Crippen LogP) is 3.99. The lowest BCUT2D eigenvalue weighted by Crippen LogP contribution is -2.12. The Kier molecular flexibility index (Phi) is 3.97. The van der Waals surface area contributed by atoms with Gasteiger partial charge in [0.05, 0.1) is 5.02 Å². The molecule has 3 heteroatoms. The van der Waals surface area contributed by atoms with Crippen LogP contribution < -0.4 is 4.74 Å². The zero-order chi connectivity index (χ0) is 11.5. The van der Waals surface area contributed by atoms with Crippen LogP contribution in [-0.2, 0) is 5.41 Å². The molecule has 0 saturated carbocycles. The van der Waals surface area contributed by atoms with E-state index in [1.807, 2.05) is 12.1 Å². The van der Waals surface area contributed by atoms with Crippen molar-refractivity contribution in [2.75, 3.05) is 13.3 Å². The molecule has 0 atom stereocenters. The summed E-state index contributed by atoms with van der Waals surface area (Å²) in [5, 5.41) is 0.582. The predicted molar refractivity (Wildman–Crippen MR) is 61.6 cm³/mol. The van der Waals surface area contributed by atoms with Crippen LogP contribution in [0, 0.1) is 0 Å². The van der Waals surface area contributed by atoms with Crippen molar-refractivity contribution in [3.05, 3.63) is 28.8 Å². The minimum Gasteiger partial charge on any atom is -0.489 e. The SMILES string of the molecule is CC(C)(C)c1cccc(OCC[18F])c1Cl. The zero-order valence-electron chi connectivity index (χ0n) is 9.31. The molecule has 15 heavy (non-hydrogen) atoms. The number of hydrogen-bond donors (Lipinski definition) is 0. The highest BCUT2D eigenvalue weighted by molar-refractivity contribution is 6.33. The van der Waals surface area contributed by atoms with Crippen molar-refractivity contribution in [3.63, 3.8) is 0 Å². The molecular weight excluding hydrogens is 214 g/mol. The largest absolute Gasteiger partial charge is 0.489 e. The van der Waals surface area contributed by atoms with Gasteiger partial charge < -0.3 is 4.74 Å². The number of benzene rings is 1. The number of hydrogen-bond acceptors (Lipinski definition) is 1. The van der Waals surface area contributed by atoms with Crippen LogP contribution in [0.15, 0.2) is 18.2 Å². The van der Waals surface area contributed by atoms with Crippen LogP contribution in [0.2, 0.25) is 5.02 Å². The first-order valence-corrected chi connectivity index (χ1v) is 5.32. The van der Waals surface area contributed by atoms with Crippen molar-refractivity contribution in [3.8, 4) is 5.75 Å². The molecule has 1 nitrogen and oxygen atoms in total. The summed E-state index contributed by atoms with van der Waals surface area (Å²) in [6, 6.07) is 5.60. The van der Waals surface area contributed by atoms with E-state index >= 15 is 0 Å². The van der Waals surface area contributed by atoms with Crippen LogP contribution >= 0.6 is 11.6 Å². The molecule has 0 unspecified atom stereocenters. The first-order valence-electron chi connectivity index (χ1n) is 4.94. The molecule has 0 aliphatic rings. The second-order valence-electron chi connectivity index (χ2n) is 4.41. The minimum atomic E-state index is -0.504. The Morgan fingerprint density at radius 2 is 2.00 bits per heavy atom. The summed E-state index contributed by atoms with van der Waals surface area (Å²) in [6.07, 6.45) is 0. The molecule has 0 amide bonds. The minimum absolute atomic E-state index is 0.0355. The number of rotatable bonds is 3. The van der Waals surface area contributed by atoms with Gasteiger partial charge in [0.2, 0.25) is 0 Å². The lowest BCUT2D eigenvalue weighted by Gasteiger charge is -2.21. The molecule has 0 aliphatic heterocycles. The summed E-state index contributed by atoms with van der Waals surface area (Å²) in [7, 11) is 0. The molecule has 0 fully saturated rings. The maximum Gasteiger partial charge on any atom is 0.138 e. The Bertz CT molecular complexity index is 331. The fourth-order valence-corrected chi connectivity index (χ4v) is 1.81. The van der Waals surface area contributed by atoms with Crippen molar-refractivity contribution < 1.29 is 9.13 Å². The Labute approximate surface area is 95.2 Å². The summed E-state index contributed by atoms with van der Waals surface area (Å²) in [5.74, 6) is 0.557. The summed E-state index contributed by atoms with van der Waals surface area (Å²) >= 11 is 6.18. The van der Waals surface area contributed by atoms with Gasteiger partial charge in [-0.25, -0.2) is 4.39 Å². The zero-order valence-corrected chi connectivity index (χ0v) is 10.1. The molecule has 0 N–H and O–H groups in total. The van der Waals surface area contributed by atoms with E-state index in [0.29, 0.717) is 10.8 Å². The average molecular weight is 230 g/mol. The van der Waals surface area contributed by atoms with Crippen molar-refractivity contribution in [1.82, 2.24) is 0 Å². The molecule has 0 heterocycles. The third kappa shape index (κ3) is 3.10. The second-order valence-corrected chi connectivity index (χ2v) is 4.78. The topological polar surface area (TPSA) is 9.23 Å². The number of halogens is 2. The van der Waals surface area contributed by atoms with Crippen molar-refractivity contribution in [2.24, 2.45) is 0 Å². The molecule has 0 radical (unpaired) electrons. The van der Waals surface area contributed by atoms with E-state index in [1.165, 1.54) is 0 Å². The third-order valence-corrected chi connectivity index (χ3v) is 2.50. The molecule has 0 aromatic heterocycles. The highest BCUT2D eigenvalue weighted by Crippen LogP contribution is 2.35. The molecule has 0 bridgehead atoms. The standard InChI is InChI=1S/C12H16ClFO/c1-12(2,3)9-5-4-6-10(11(9)13)15-8-7-14/h4-6H,7-8H2,1-3H3/i14-1. The van der Waals surface area contributed by atoms with Crippen LogP contribution in [0.3, 0.4) is 0 Å². The Morgan fingerprint density at radius 3 is 2.53 bits per heavy atom. The monoisotopic (exact) mass is 229 g/mol. The summed E-state index contributed by atoms with van der Waals surface area (Å²) in [5.41, 5.74) is 0.979. The van der Waals surface area contributed by atoms with Gasteiger partial charge in [-0.05, 0) is 17.0 Å². The number of alkyl halides is 1. The van der Waals surface area contributed by atoms with E-state index in [-0.39, 0.29) is 12.0 Å². The van der Waals surface area contributed by atoms with Gasteiger partial charge in [0, 0.05) is 0 Å². The van der Waals surface area contributed by atoms with Crippen LogP contribution in [-0.4, -0.2) is 13.3 Å². The van der Waals surface area contributed by atoms with E-state index in [9.17, 15) is 4.39 Å². The Balaban J connectivity index is 3.01. The normalized spacial score (nSPS) is 11.5. The molecule has 1 rings (SSSR count). The quantitative estimate of drug-likeness (QED) is 0.762. The molecular formula is C12H16ClFO. The molecule has 1 aromatic rings. The van der Waals surface area contributed by atoms with Gasteiger partial charge in [0.1, 0.15) is 19.0 Å². The Morgan fingerprint density at radius 1 is 1.33 bits per heavy atom. The van der Waals surface area contributed by atoms with Gasteiger partial charge in [0.15, 0.2) is 0 Å². The average Bonchev–Trinajstić information content (AvgIpc) is 2.14. The molecule has 0 aliphatic carbocycles. The van der Waals surface area contributed by atoms with Gasteiger partial charge in [0.25, 0.3) is 0 Å². The van der Waals surface area contributed by atoms with Crippen LogP contribution in [0.25, 0.3) is 0 Å². The van der Waals surface area contributed by atoms with E-state index in [4.69, 9.17) is 16.3 Å². The van der Waals surface area contributed by atoms with E-state index in [0.717, 1.165) is 5.56 Å². The van der Waals surface area contributed by atoms with E-state index in [1.54, 1.807) is 6.07 Å². The van der Waals surface area contributed by atoms with Gasteiger partial charge in [-0.3, -0.25) is 0 Å². The van der Waals surface area contributed by atoms with Crippen LogP contribution in [0.5, 0.6) is 5.75 Å². The smallest absolute Gasteiger partial charge is 0.138 e. The second kappa shape index (κ2) is 4.84. The fourth-order valence-electron chi connectivity index (χ4n) is 1.35. The van der Waals surface area contributed by atoms with Crippen molar-refractivity contribution >= 4 is 11.6 Å². The molecule has 0 spiro atoms. The maximum absolute atomic E-state index is 12.0. The first kappa shape index (κ1) is 12.3. The van der Waals surface area contributed by atoms with Gasteiger partial charge in [-0.2, -0.15) is 0 Å². The fraction of sp³-hybridized carbons (Fsp3) is 0.500. The maximum atomic E-state index is 12.0. The summed E-state index contributed by atoms with van der Waals surface area (Å²) in [4.78, 5) is 0. The molecule has 1 aromatic carbocycles. The Hall–Kier alpha value is -0.760. The lowest BCUT2D eigenvalue weighted by atomic mass is 9.87. The van der Waals surface area contributed by atoms with E-state index < -0.39 is 6.67 Å². The summed E-state index contributed by atoms with van der Waals surface area (Å²) in [6.45, 7) is 5.77. The third-order valence-electron chi connectivity index (χ3n) is 2.11. The molecule has 84 valence electrons. The highest BCUT2D eigenvalue weighted by Gasteiger charge is 2.19. The highest BCUT2D eigenvalue weighted by atomic mass is 35.5. The van der Waals surface area contributed by atoms with E-state index in [2.05, 4.69) is 20.8 Å². The lowest BCUT2D eigenvalue weighted by molar-refractivity contribution is 0.273. The first-order chi connectivity index (χ1) is 6.96. The van der Waals surface area contributed by atoms with Gasteiger partial charge in [-0.1, -0.05) is 44.5 Å².